The van der Waals surface area contributed by atoms with Gasteiger partial charge in [0.1, 0.15) is 0 Å². The first-order chi connectivity index (χ1) is 33.7. The van der Waals surface area contributed by atoms with Gasteiger partial charge < -0.3 is 15.5 Å². The van der Waals surface area contributed by atoms with Gasteiger partial charge in [-0.1, -0.05) is 319 Å². The van der Waals surface area contributed by atoms with E-state index in [0.29, 0.717) is 6.42 Å². The highest BCUT2D eigenvalue weighted by Crippen LogP contribution is 2.18. The second-order valence-corrected chi connectivity index (χ2v) is 20.7. The van der Waals surface area contributed by atoms with Crippen LogP contribution in [0.5, 0.6) is 0 Å². The van der Waals surface area contributed by atoms with Crippen LogP contribution in [-0.2, 0) is 4.79 Å². The van der Waals surface area contributed by atoms with Crippen LogP contribution in [0.4, 0.5) is 0 Å². The zero-order valence-electron chi connectivity index (χ0n) is 45.9. The number of aliphatic hydroxyl groups excluding tert-OH is 2. The average Bonchev–Trinajstić information content (AvgIpc) is 3.34. The smallest absolute Gasteiger partial charge is 0.220 e. The Bertz CT molecular complexity index is 1120. The third kappa shape index (κ3) is 55.0. The lowest BCUT2D eigenvalue weighted by molar-refractivity contribution is -0.123. The van der Waals surface area contributed by atoms with Gasteiger partial charge in [0.15, 0.2) is 0 Å². The highest BCUT2D eigenvalue weighted by molar-refractivity contribution is 5.76. The van der Waals surface area contributed by atoms with E-state index in [9.17, 15) is 15.0 Å². The Hall–Kier alpha value is -1.91. The SMILES string of the molecule is CC/C=C\C/C=C\C/C=C\C/C=C\CCCCCCCCCCCCCCCCC(=O)NC(CO)C(O)/C=C/CCCCCCCCCCCCCCCCCCCCCCCCCCCCC. The monoisotopic (exact) mass is 950 g/mol. The highest BCUT2D eigenvalue weighted by Gasteiger charge is 2.18. The molecule has 68 heavy (non-hydrogen) atoms. The van der Waals surface area contributed by atoms with E-state index in [1.807, 2.05) is 6.08 Å². The molecule has 3 N–H and O–H groups in total. The predicted octanol–water partition coefficient (Wildman–Crippen LogP) is 20.4. The van der Waals surface area contributed by atoms with Gasteiger partial charge in [-0.05, 0) is 57.8 Å². The predicted molar refractivity (Wildman–Crippen MR) is 304 cm³/mol. The van der Waals surface area contributed by atoms with Crippen LogP contribution in [0.25, 0.3) is 0 Å². The minimum absolute atomic E-state index is 0.0621. The van der Waals surface area contributed by atoms with Crippen molar-refractivity contribution >= 4 is 5.91 Å². The number of unbranched alkanes of at least 4 members (excludes halogenated alkanes) is 41. The van der Waals surface area contributed by atoms with Crippen molar-refractivity contribution in [3.63, 3.8) is 0 Å². The lowest BCUT2D eigenvalue weighted by atomic mass is 10.0. The van der Waals surface area contributed by atoms with Crippen molar-refractivity contribution in [2.24, 2.45) is 0 Å². The Balaban J connectivity index is 3.47. The Morgan fingerprint density at radius 3 is 0.971 bits per heavy atom. The van der Waals surface area contributed by atoms with Gasteiger partial charge in [-0.2, -0.15) is 0 Å². The molecule has 2 atom stereocenters. The molecule has 0 rings (SSSR count). The van der Waals surface area contributed by atoms with Gasteiger partial charge in [0.2, 0.25) is 5.91 Å². The lowest BCUT2D eigenvalue weighted by Gasteiger charge is -2.20. The van der Waals surface area contributed by atoms with Crippen LogP contribution in [0, 0.1) is 0 Å². The average molecular weight is 951 g/mol. The fourth-order valence-electron chi connectivity index (χ4n) is 9.41. The molecule has 0 bridgehead atoms. The number of amides is 1. The van der Waals surface area contributed by atoms with E-state index in [4.69, 9.17) is 0 Å². The molecule has 0 aromatic carbocycles. The molecular formula is C64H119NO3. The van der Waals surface area contributed by atoms with Gasteiger partial charge in [0, 0.05) is 6.42 Å². The van der Waals surface area contributed by atoms with Crippen molar-refractivity contribution in [1.82, 2.24) is 5.32 Å². The van der Waals surface area contributed by atoms with Crippen LogP contribution in [0.1, 0.15) is 322 Å². The first-order valence-corrected chi connectivity index (χ1v) is 30.5. The van der Waals surface area contributed by atoms with E-state index in [-0.39, 0.29) is 12.5 Å². The van der Waals surface area contributed by atoms with Gasteiger partial charge in [-0.15, -0.1) is 0 Å². The Labute approximate surface area is 426 Å². The number of carbonyl (C=O) groups excluding carboxylic acids is 1. The van der Waals surface area contributed by atoms with Gasteiger partial charge in [0.05, 0.1) is 18.8 Å². The zero-order valence-corrected chi connectivity index (χ0v) is 45.9. The van der Waals surface area contributed by atoms with Gasteiger partial charge in [-0.3, -0.25) is 4.79 Å². The standard InChI is InChI=1S/C64H119NO3/c1-3-5-7-9-11-13-15-17-19-21-23-25-27-29-31-32-34-35-37-39-41-43-45-47-49-51-53-55-57-59-63(67)62(61-66)65-64(68)60-58-56-54-52-50-48-46-44-42-40-38-36-33-30-28-26-24-22-20-18-16-14-12-10-8-6-4-2/h6,8,12,14,18,20,24,26,57,59,62-63,66-67H,3-5,7,9-11,13,15-17,19,21-23,25,27-56,58,60-61H2,1-2H3,(H,65,68)/b8-6-,14-12-,20-18-,26-24-,59-57+. The molecule has 0 aromatic rings. The Morgan fingerprint density at radius 2 is 0.647 bits per heavy atom. The molecule has 0 radical (unpaired) electrons. The Morgan fingerprint density at radius 1 is 0.368 bits per heavy atom. The van der Waals surface area contributed by atoms with Crippen molar-refractivity contribution in [3.05, 3.63) is 60.8 Å². The van der Waals surface area contributed by atoms with Gasteiger partial charge >= 0.3 is 0 Å². The minimum atomic E-state index is -0.843. The topological polar surface area (TPSA) is 69.6 Å². The van der Waals surface area contributed by atoms with Crippen molar-refractivity contribution in [2.75, 3.05) is 6.61 Å². The molecule has 0 spiro atoms. The first kappa shape index (κ1) is 66.1. The molecule has 0 aliphatic carbocycles. The summed E-state index contributed by atoms with van der Waals surface area (Å²) in [6.07, 6.45) is 84.1. The molecule has 1 amide bonds. The van der Waals surface area contributed by atoms with E-state index in [2.05, 4.69) is 67.8 Å². The van der Waals surface area contributed by atoms with Crippen molar-refractivity contribution < 1.29 is 15.0 Å². The maximum Gasteiger partial charge on any atom is 0.220 e. The number of aliphatic hydroxyl groups is 2. The number of carbonyl (C=O) groups is 1. The molecule has 4 nitrogen and oxygen atoms in total. The van der Waals surface area contributed by atoms with Crippen LogP contribution in [0.15, 0.2) is 60.8 Å². The van der Waals surface area contributed by atoms with Crippen molar-refractivity contribution in [2.45, 2.75) is 334 Å². The second kappa shape index (κ2) is 59.4. The molecule has 0 aliphatic rings. The number of allylic oxidation sites excluding steroid dienone is 9. The van der Waals surface area contributed by atoms with Crippen molar-refractivity contribution in [3.8, 4) is 0 Å². The maximum atomic E-state index is 12.5. The molecule has 0 fully saturated rings. The van der Waals surface area contributed by atoms with Gasteiger partial charge in [0.25, 0.3) is 0 Å². The maximum absolute atomic E-state index is 12.5. The lowest BCUT2D eigenvalue weighted by Crippen LogP contribution is -2.45. The van der Waals surface area contributed by atoms with E-state index in [1.54, 1.807) is 6.08 Å². The summed E-state index contributed by atoms with van der Waals surface area (Å²) >= 11 is 0. The number of hydrogen-bond donors (Lipinski definition) is 3. The molecule has 4 heteroatoms. The molecule has 0 heterocycles. The van der Waals surface area contributed by atoms with E-state index in [0.717, 1.165) is 51.4 Å². The summed E-state index contributed by atoms with van der Waals surface area (Å²) in [6.45, 7) is 4.23. The fourth-order valence-corrected chi connectivity index (χ4v) is 9.41. The summed E-state index contributed by atoms with van der Waals surface area (Å²) in [5.74, 6) is -0.0621. The van der Waals surface area contributed by atoms with Gasteiger partial charge in [-0.25, -0.2) is 0 Å². The summed E-state index contributed by atoms with van der Waals surface area (Å²) in [5, 5.41) is 23.2. The summed E-state index contributed by atoms with van der Waals surface area (Å²) in [4.78, 5) is 12.5. The number of nitrogens with one attached hydrogen (secondary N) is 1. The van der Waals surface area contributed by atoms with E-state index in [1.165, 1.54) is 250 Å². The quantitative estimate of drug-likeness (QED) is 0.0420. The third-order valence-corrected chi connectivity index (χ3v) is 14.0. The molecule has 2 unspecified atom stereocenters. The van der Waals surface area contributed by atoms with Crippen LogP contribution in [0.3, 0.4) is 0 Å². The van der Waals surface area contributed by atoms with Crippen LogP contribution in [0.2, 0.25) is 0 Å². The molecule has 0 saturated carbocycles. The molecule has 398 valence electrons. The molecule has 0 aromatic heterocycles. The third-order valence-electron chi connectivity index (χ3n) is 14.0. The van der Waals surface area contributed by atoms with Crippen LogP contribution in [-0.4, -0.2) is 34.9 Å². The molecule has 0 saturated heterocycles. The normalized spacial score (nSPS) is 13.2. The molecule has 0 aliphatic heterocycles. The largest absolute Gasteiger partial charge is 0.394 e. The summed E-state index contributed by atoms with van der Waals surface area (Å²) in [5.41, 5.74) is 0. The minimum Gasteiger partial charge on any atom is -0.394 e. The fraction of sp³-hybridized carbons (Fsp3) is 0.828. The zero-order chi connectivity index (χ0) is 49.2. The van der Waals surface area contributed by atoms with Crippen LogP contribution < -0.4 is 5.32 Å². The summed E-state index contributed by atoms with van der Waals surface area (Å²) < 4.78 is 0. The first-order valence-electron chi connectivity index (χ1n) is 30.5. The molecular weight excluding hydrogens is 831 g/mol. The number of rotatable bonds is 56. The second-order valence-electron chi connectivity index (χ2n) is 20.7. The van der Waals surface area contributed by atoms with E-state index >= 15 is 0 Å². The highest BCUT2D eigenvalue weighted by atomic mass is 16.3. The van der Waals surface area contributed by atoms with E-state index < -0.39 is 12.1 Å². The summed E-state index contributed by atoms with van der Waals surface area (Å²) in [6, 6.07) is -0.626. The number of hydrogen-bond acceptors (Lipinski definition) is 3. The van der Waals surface area contributed by atoms with Crippen LogP contribution >= 0.6 is 0 Å². The van der Waals surface area contributed by atoms with Crippen molar-refractivity contribution in [1.29, 1.82) is 0 Å². The Kier molecular flexibility index (Phi) is 57.7. The summed E-state index contributed by atoms with van der Waals surface area (Å²) in [7, 11) is 0.